The third-order valence-electron chi connectivity index (χ3n) is 6.61. The molecule has 166 valence electrons. The molecule has 0 bridgehead atoms. The maximum atomic E-state index is 4.98. The summed E-state index contributed by atoms with van der Waals surface area (Å²) in [6, 6.07) is 4.57. The molecule has 0 aliphatic rings. The van der Waals surface area contributed by atoms with E-state index in [0.717, 1.165) is 24.7 Å². The van der Waals surface area contributed by atoms with Crippen LogP contribution in [0.3, 0.4) is 0 Å². The molecule has 0 N–H and O–H groups in total. The first-order valence-electron chi connectivity index (χ1n) is 12.4. The van der Waals surface area contributed by atoms with E-state index in [1.165, 1.54) is 94.7 Å². The van der Waals surface area contributed by atoms with Gasteiger partial charge in [-0.2, -0.15) is 0 Å². The number of nitrogens with zero attached hydrogens (tertiary/aromatic N) is 2. The molecule has 2 nitrogen and oxygen atoms in total. The number of unbranched alkanes of at least 4 members (excludes halogenated alkanes) is 2. The molecule has 3 rings (SSSR count). The number of benzene rings is 1. The molecule has 0 saturated heterocycles. The molecule has 2 atom stereocenters. The van der Waals surface area contributed by atoms with Crippen molar-refractivity contribution >= 4 is 43.1 Å². The smallest absolute Gasteiger partial charge is 0.0938 e. The van der Waals surface area contributed by atoms with Gasteiger partial charge in [-0.05, 0) is 49.7 Å². The van der Waals surface area contributed by atoms with Crippen molar-refractivity contribution in [3.05, 3.63) is 22.1 Å². The molecule has 0 fully saturated rings. The van der Waals surface area contributed by atoms with Gasteiger partial charge in [0.25, 0.3) is 0 Å². The van der Waals surface area contributed by atoms with Crippen molar-refractivity contribution in [2.24, 2.45) is 11.8 Å². The second-order valence-corrected chi connectivity index (χ2v) is 11.1. The molecule has 0 spiro atoms. The lowest BCUT2D eigenvalue weighted by molar-refractivity contribution is 0.421. The molecule has 1 aromatic carbocycles. The number of thiazole rings is 2. The van der Waals surface area contributed by atoms with Crippen LogP contribution in [0.15, 0.2) is 12.1 Å². The number of hydrogen-bond acceptors (Lipinski definition) is 4. The molecule has 2 heterocycles. The van der Waals surface area contributed by atoms with Gasteiger partial charge in [-0.3, -0.25) is 0 Å². The summed E-state index contributed by atoms with van der Waals surface area (Å²) in [5.74, 6) is 1.71. The Morgan fingerprint density at radius 3 is 1.47 bits per heavy atom. The van der Waals surface area contributed by atoms with E-state index in [4.69, 9.17) is 9.97 Å². The van der Waals surface area contributed by atoms with E-state index in [9.17, 15) is 0 Å². The summed E-state index contributed by atoms with van der Waals surface area (Å²) in [6.45, 7) is 9.26. The molecule has 0 amide bonds. The fourth-order valence-corrected chi connectivity index (χ4v) is 6.40. The van der Waals surface area contributed by atoms with E-state index in [-0.39, 0.29) is 0 Å². The highest BCUT2D eigenvalue weighted by atomic mass is 32.1. The van der Waals surface area contributed by atoms with Crippen LogP contribution < -0.4 is 0 Å². The Labute approximate surface area is 191 Å². The standard InChI is InChI=1S/C26H40N2S2/c1-5-9-11-19(7-3)13-15-25-27-21-17-24-22(18-23(21)29-25)28-26(30-24)16-14-20(8-4)12-10-6-2/h17-20H,5-16H2,1-4H3. The van der Waals surface area contributed by atoms with Gasteiger partial charge in [-0.15, -0.1) is 22.7 Å². The van der Waals surface area contributed by atoms with Crippen molar-refractivity contribution in [2.45, 2.75) is 105 Å². The van der Waals surface area contributed by atoms with Crippen molar-refractivity contribution in [3.8, 4) is 0 Å². The van der Waals surface area contributed by atoms with Crippen LogP contribution in [0.2, 0.25) is 0 Å². The summed E-state index contributed by atoms with van der Waals surface area (Å²) < 4.78 is 2.62. The van der Waals surface area contributed by atoms with Crippen LogP contribution in [0.4, 0.5) is 0 Å². The van der Waals surface area contributed by atoms with Crippen molar-refractivity contribution in [3.63, 3.8) is 0 Å². The summed E-state index contributed by atoms with van der Waals surface area (Å²) >= 11 is 3.76. The molecular formula is C26H40N2S2. The van der Waals surface area contributed by atoms with Gasteiger partial charge >= 0.3 is 0 Å². The van der Waals surface area contributed by atoms with Crippen LogP contribution in [-0.2, 0) is 12.8 Å². The van der Waals surface area contributed by atoms with Gasteiger partial charge in [0, 0.05) is 0 Å². The summed E-state index contributed by atoms with van der Waals surface area (Å²) in [6.07, 6.45) is 15.5. The highest BCUT2D eigenvalue weighted by Gasteiger charge is 2.13. The van der Waals surface area contributed by atoms with E-state index in [2.05, 4.69) is 39.8 Å². The summed E-state index contributed by atoms with van der Waals surface area (Å²) in [5.41, 5.74) is 2.35. The minimum absolute atomic E-state index is 0.856. The molecule has 0 radical (unpaired) electrons. The molecule has 0 saturated carbocycles. The minimum atomic E-state index is 0.856. The van der Waals surface area contributed by atoms with Gasteiger partial charge < -0.3 is 0 Å². The van der Waals surface area contributed by atoms with Crippen LogP contribution in [0, 0.1) is 11.8 Å². The number of hydrogen-bond donors (Lipinski definition) is 0. The zero-order valence-electron chi connectivity index (χ0n) is 19.5. The molecule has 2 aromatic heterocycles. The summed E-state index contributed by atoms with van der Waals surface area (Å²) in [7, 11) is 0. The van der Waals surface area contributed by atoms with E-state index in [0.29, 0.717) is 0 Å². The lowest BCUT2D eigenvalue weighted by atomic mass is 9.94. The predicted molar refractivity (Wildman–Crippen MR) is 136 cm³/mol. The molecule has 0 aliphatic heterocycles. The first-order chi connectivity index (χ1) is 14.7. The summed E-state index contributed by atoms with van der Waals surface area (Å²) in [4.78, 5) is 9.95. The average Bonchev–Trinajstić information content (AvgIpc) is 3.34. The van der Waals surface area contributed by atoms with Gasteiger partial charge in [0.1, 0.15) is 0 Å². The van der Waals surface area contributed by atoms with Crippen molar-refractivity contribution < 1.29 is 0 Å². The zero-order valence-corrected chi connectivity index (χ0v) is 21.1. The quantitative estimate of drug-likeness (QED) is 0.247. The maximum absolute atomic E-state index is 4.98. The predicted octanol–water partition coefficient (Wildman–Crippen LogP) is 9.20. The molecule has 4 heteroatoms. The molecule has 0 aliphatic carbocycles. The Morgan fingerprint density at radius 1 is 0.667 bits per heavy atom. The topological polar surface area (TPSA) is 25.8 Å². The Kier molecular flexibility index (Phi) is 9.58. The fraction of sp³-hybridized carbons (Fsp3) is 0.692. The third kappa shape index (κ3) is 6.50. The van der Waals surface area contributed by atoms with Crippen LogP contribution in [-0.4, -0.2) is 9.97 Å². The molecular weight excluding hydrogens is 404 g/mol. The minimum Gasteiger partial charge on any atom is -0.241 e. The molecule has 30 heavy (non-hydrogen) atoms. The molecule has 3 aromatic rings. The van der Waals surface area contributed by atoms with Crippen LogP contribution >= 0.6 is 22.7 Å². The van der Waals surface area contributed by atoms with E-state index < -0.39 is 0 Å². The highest BCUT2D eigenvalue weighted by Crippen LogP contribution is 2.32. The second kappa shape index (κ2) is 12.1. The monoisotopic (exact) mass is 444 g/mol. The van der Waals surface area contributed by atoms with Gasteiger partial charge in [0.05, 0.1) is 30.4 Å². The zero-order chi connectivity index (χ0) is 21.3. The third-order valence-corrected chi connectivity index (χ3v) is 8.76. The van der Waals surface area contributed by atoms with E-state index in [1.807, 2.05) is 22.7 Å². The Bertz CT molecular complexity index is 774. The van der Waals surface area contributed by atoms with Crippen molar-refractivity contribution in [1.29, 1.82) is 0 Å². The lowest BCUT2D eigenvalue weighted by Crippen LogP contribution is -2.00. The van der Waals surface area contributed by atoms with E-state index in [1.54, 1.807) is 0 Å². The van der Waals surface area contributed by atoms with Gasteiger partial charge in [-0.25, -0.2) is 9.97 Å². The number of aromatic nitrogens is 2. The largest absolute Gasteiger partial charge is 0.241 e. The maximum Gasteiger partial charge on any atom is 0.0938 e. The van der Waals surface area contributed by atoms with Gasteiger partial charge in [0.2, 0.25) is 0 Å². The fourth-order valence-electron chi connectivity index (χ4n) is 4.40. The van der Waals surface area contributed by atoms with E-state index >= 15 is 0 Å². The number of aryl methyl sites for hydroxylation is 2. The second-order valence-electron chi connectivity index (χ2n) is 8.91. The van der Waals surface area contributed by atoms with Gasteiger partial charge in [-0.1, -0.05) is 79.1 Å². The van der Waals surface area contributed by atoms with Crippen molar-refractivity contribution in [1.82, 2.24) is 9.97 Å². The number of fused-ring (bicyclic) bond motifs is 2. The van der Waals surface area contributed by atoms with Crippen molar-refractivity contribution in [2.75, 3.05) is 0 Å². The number of rotatable bonds is 14. The van der Waals surface area contributed by atoms with Crippen LogP contribution in [0.5, 0.6) is 0 Å². The Balaban J connectivity index is 1.63. The summed E-state index contributed by atoms with van der Waals surface area (Å²) in [5, 5.41) is 2.61. The highest BCUT2D eigenvalue weighted by molar-refractivity contribution is 7.20. The van der Waals surface area contributed by atoms with Crippen LogP contribution in [0.1, 0.15) is 102 Å². The van der Waals surface area contributed by atoms with Crippen LogP contribution in [0.25, 0.3) is 20.4 Å². The average molecular weight is 445 g/mol. The lowest BCUT2D eigenvalue weighted by Gasteiger charge is -2.12. The first kappa shape index (κ1) is 23.7. The normalized spacial score (nSPS) is 14.0. The molecule has 2 unspecified atom stereocenters. The van der Waals surface area contributed by atoms with Gasteiger partial charge in [0.15, 0.2) is 0 Å². The Hall–Kier alpha value is -1.00. The first-order valence-corrected chi connectivity index (χ1v) is 14.0. The Morgan fingerprint density at radius 2 is 1.10 bits per heavy atom. The SMILES string of the molecule is CCCCC(CC)CCc1nc2cc3sc(CCC(CC)CCCC)nc3cc2s1.